The van der Waals surface area contributed by atoms with E-state index in [1.807, 2.05) is 19.1 Å². The predicted molar refractivity (Wildman–Crippen MR) is 53.4 cm³/mol. The van der Waals surface area contributed by atoms with Crippen LogP contribution in [0.2, 0.25) is 0 Å². The van der Waals surface area contributed by atoms with Crippen molar-refractivity contribution in [2.75, 3.05) is 18.1 Å². The molecule has 1 aromatic carbocycles. The molecule has 0 unspecified atom stereocenters. The van der Waals surface area contributed by atoms with E-state index in [0.717, 1.165) is 21.9 Å². The maximum absolute atomic E-state index is 8.61. The normalized spacial score (nSPS) is 10.2. The Kier molecular flexibility index (Phi) is 3.44. The van der Waals surface area contributed by atoms with E-state index in [0.29, 0.717) is 0 Å². The molecule has 0 aromatic heterocycles. The summed E-state index contributed by atoms with van der Waals surface area (Å²) in [6.45, 7) is 2.22. The molecule has 0 spiro atoms. The molecule has 0 aliphatic rings. The van der Waals surface area contributed by atoms with E-state index in [2.05, 4.69) is 6.07 Å². The monoisotopic (exact) mass is 183 g/mol. The molecule has 12 heavy (non-hydrogen) atoms. The number of rotatable bonds is 3. The van der Waals surface area contributed by atoms with Gasteiger partial charge in [-0.15, -0.1) is 11.8 Å². The molecule has 0 aliphatic heterocycles. The van der Waals surface area contributed by atoms with Gasteiger partial charge in [0.15, 0.2) is 0 Å². The van der Waals surface area contributed by atoms with Crippen molar-refractivity contribution in [1.29, 1.82) is 0 Å². The minimum atomic E-state index is 0.207. The fourth-order valence-corrected chi connectivity index (χ4v) is 1.84. The van der Waals surface area contributed by atoms with Gasteiger partial charge in [-0.05, 0) is 30.7 Å². The van der Waals surface area contributed by atoms with Crippen LogP contribution in [0.3, 0.4) is 0 Å². The molecule has 0 aliphatic carbocycles. The average Bonchev–Trinajstić information content (AvgIpc) is 1.99. The van der Waals surface area contributed by atoms with E-state index in [1.165, 1.54) is 0 Å². The molecule has 0 amide bonds. The number of thioether (sulfide) groups is 1. The number of aryl methyl sites for hydroxylation is 1. The van der Waals surface area contributed by atoms with E-state index in [4.69, 9.17) is 10.8 Å². The molecule has 3 N–H and O–H groups in total. The Morgan fingerprint density at radius 3 is 2.75 bits per heavy atom. The maximum Gasteiger partial charge on any atom is 0.0525 e. The van der Waals surface area contributed by atoms with E-state index < -0.39 is 0 Å². The molecule has 0 saturated carbocycles. The van der Waals surface area contributed by atoms with Gasteiger partial charge in [0.2, 0.25) is 0 Å². The molecule has 0 saturated heterocycles. The zero-order valence-corrected chi connectivity index (χ0v) is 7.90. The van der Waals surface area contributed by atoms with Gasteiger partial charge in [-0.25, -0.2) is 0 Å². The van der Waals surface area contributed by atoms with Crippen molar-refractivity contribution in [2.24, 2.45) is 0 Å². The Balaban J connectivity index is 2.72. The summed E-state index contributed by atoms with van der Waals surface area (Å²) < 4.78 is 0. The Hall–Kier alpha value is -0.670. The summed E-state index contributed by atoms with van der Waals surface area (Å²) in [6.07, 6.45) is 0. The quantitative estimate of drug-likeness (QED) is 0.553. The Morgan fingerprint density at radius 1 is 1.42 bits per heavy atom. The lowest BCUT2D eigenvalue weighted by molar-refractivity contribution is 0.322. The van der Waals surface area contributed by atoms with Crippen molar-refractivity contribution in [3.8, 4) is 0 Å². The lowest BCUT2D eigenvalue weighted by atomic mass is 10.2. The highest BCUT2D eigenvalue weighted by Crippen LogP contribution is 2.21. The second kappa shape index (κ2) is 4.38. The topological polar surface area (TPSA) is 46.2 Å². The van der Waals surface area contributed by atoms with Crippen LogP contribution in [-0.2, 0) is 0 Å². The number of anilines is 1. The number of hydrogen-bond acceptors (Lipinski definition) is 3. The average molecular weight is 183 g/mol. The van der Waals surface area contributed by atoms with Crippen LogP contribution in [0.1, 0.15) is 5.56 Å². The van der Waals surface area contributed by atoms with E-state index >= 15 is 0 Å². The fraction of sp³-hybridized carbons (Fsp3) is 0.333. The Bertz CT molecular complexity index is 242. The van der Waals surface area contributed by atoms with Gasteiger partial charge in [0.25, 0.3) is 0 Å². The third-order valence-corrected chi connectivity index (χ3v) is 2.39. The highest BCUT2D eigenvalue weighted by molar-refractivity contribution is 7.99. The van der Waals surface area contributed by atoms with Crippen molar-refractivity contribution >= 4 is 17.4 Å². The molecular formula is C9H13NOS. The predicted octanol–water partition coefficient (Wildman–Crippen LogP) is 1.66. The lowest BCUT2D eigenvalue weighted by Gasteiger charge is -2.02. The minimum absolute atomic E-state index is 0.207. The molecular weight excluding hydrogens is 170 g/mol. The van der Waals surface area contributed by atoms with E-state index in [9.17, 15) is 0 Å². The number of benzene rings is 1. The SMILES string of the molecule is Cc1cc(N)cc(SCCO)c1. The molecule has 1 aromatic rings. The molecule has 0 heterocycles. The van der Waals surface area contributed by atoms with Gasteiger partial charge in [0, 0.05) is 16.3 Å². The van der Waals surface area contributed by atoms with Gasteiger partial charge in [-0.1, -0.05) is 0 Å². The highest BCUT2D eigenvalue weighted by atomic mass is 32.2. The lowest BCUT2D eigenvalue weighted by Crippen LogP contribution is -1.89. The number of hydrogen-bond donors (Lipinski definition) is 2. The number of aliphatic hydroxyl groups is 1. The summed E-state index contributed by atoms with van der Waals surface area (Å²) in [5.41, 5.74) is 7.61. The van der Waals surface area contributed by atoms with Crippen LogP contribution in [-0.4, -0.2) is 17.5 Å². The molecule has 66 valence electrons. The number of nitrogen functional groups attached to an aromatic ring is 1. The van der Waals surface area contributed by atoms with Crippen LogP contribution in [0.25, 0.3) is 0 Å². The molecule has 1 rings (SSSR count). The second-order valence-electron chi connectivity index (χ2n) is 2.65. The van der Waals surface area contributed by atoms with Gasteiger partial charge in [-0.3, -0.25) is 0 Å². The molecule has 3 heteroatoms. The van der Waals surface area contributed by atoms with Crippen LogP contribution in [0.5, 0.6) is 0 Å². The molecule has 0 radical (unpaired) electrons. The number of nitrogens with two attached hydrogens (primary N) is 1. The van der Waals surface area contributed by atoms with Crippen molar-refractivity contribution < 1.29 is 5.11 Å². The van der Waals surface area contributed by atoms with Crippen LogP contribution >= 0.6 is 11.8 Å². The third-order valence-electron chi connectivity index (χ3n) is 1.43. The van der Waals surface area contributed by atoms with Crippen LogP contribution in [0, 0.1) is 6.92 Å². The maximum atomic E-state index is 8.61. The zero-order valence-electron chi connectivity index (χ0n) is 7.08. The molecule has 2 nitrogen and oxygen atoms in total. The first-order valence-corrected chi connectivity index (χ1v) is 4.82. The first kappa shape index (κ1) is 9.42. The highest BCUT2D eigenvalue weighted by Gasteiger charge is 1.95. The smallest absolute Gasteiger partial charge is 0.0525 e. The largest absolute Gasteiger partial charge is 0.399 e. The van der Waals surface area contributed by atoms with E-state index in [1.54, 1.807) is 11.8 Å². The molecule has 0 bridgehead atoms. The zero-order chi connectivity index (χ0) is 8.97. The van der Waals surface area contributed by atoms with Crippen LogP contribution < -0.4 is 5.73 Å². The summed E-state index contributed by atoms with van der Waals surface area (Å²) in [7, 11) is 0. The Labute approximate surface area is 76.8 Å². The Morgan fingerprint density at radius 2 is 2.17 bits per heavy atom. The van der Waals surface area contributed by atoms with Crippen LogP contribution in [0.4, 0.5) is 5.69 Å². The number of aliphatic hydroxyl groups excluding tert-OH is 1. The molecule has 0 atom stereocenters. The standard InChI is InChI=1S/C9H13NOS/c1-7-4-8(10)6-9(5-7)12-3-2-11/h4-6,11H,2-3,10H2,1H3. The van der Waals surface area contributed by atoms with Crippen LogP contribution in [0.15, 0.2) is 23.1 Å². The van der Waals surface area contributed by atoms with Gasteiger partial charge in [0.05, 0.1) is 6.61 Å². The summed E-state index contributed by atoms with van der Waals surface area (Å²) in [5, 5.41) is 8.61. The summed E-state index contributed by atoms with van der Waals surface area (Å²) in [4.78, 5) is 1.13. The first-order chi connectivity index (χ1) is 5.72. The second-order valence-corrected chi connectivity index (χ2v) is 3.82. The van der Waals surface area contributed by atoms with Crippen molar-refractivity contribution in [3.05, 3.63) is 23.8 Å². The van der Waals surface area contributed by atoms with Gasteiger partial charge in [-0.2, -0.15) is 0 Å². The first-order valence-electron chi connectivity index (χ1n) is 3.83. The van der Waals surface area contributed by atoms with Crippen molar-refractivity contribution in [1.82, 2.24) is 0 Å². The van der Waals surface area contributed by atoms with Crippen molar-refractivity contribution in [3.63, 3.8) is 0 Å². The summed E-state index contributed by atoms with van der Waals surface area (Å²) in [6, 6.07) is 5.92. The van der Waals surface area contributed by atoms with Gasteiger partial charge in [0.1, 0.15) is 0 Å². The summed E-state index contributed by atoms with van der Waals surface area (Å²) in [5.74, 6) is 0.725. The molecule has 0 fully saturated rings. The summed E-state index contributed by atoms with van der Waals surface area (Å²) >= 11 is 1.62. The van der Waals surface area contributed by atoms with Gasteiger partial charge < -0.3 is 10.8 Å². The minimum Gasteiger partial charge on any atom is -0.399 e. The fourth-order valence-electron chi connectivity index (χ4n) is 1.02. The van der Waals surface area contributed by atoms with Gasteiger partial charge >= 0.3 is 0 Å². The van der Waals surface area contributed by atoms with E-state index in [-0.39, 0.29) is 6.61 Å². The van der Waals surface area contributed by atoms with Crippen molar-refractivity contribution in [2.45, 2.75) is 11.8 Å². The third kappa shape index (κ3) is 2.75.